The highest BCUT2D eigenvalue weighted by Crippen LogP contribution is 2.37. The van der Waals surface area contributed by atoms with Crippen molar-refractivity contribution in [2.24, 2.45) is 0 Å². The summed E-state index contributed by atoms with van der Waals surface area (Å²) in [5, 5.41) is 0. The monoisotopic (exact) mass is 414 g/mol. The molecule has 0 saturated carbocycles. The highest BCUT2D eigenvalue weighted by molar-refractivity contribution is 7.89. The fourth-order valence-electron chi connectivity index (χ4n) is 3.89. The number of pyridine rings is 1. The summed E-state index contributed by atoms with van der Waals surface area (Å²) in [4.78, 5) is 8.63. The second-order valence-corrected chi connectivity index (χ2v) is 9.24. The topological polar surface area (TPSA) is 68.1 Å². The zero-order chi connectivity index (χ0) is 20.6. The minimum absolute atomic E-state index is 0.0216. The molecular weight excluding hydrogens is 391 g/mol. The predicted octanol–water partition coefficient (Wildman–Crippen LogP) is 3.61. The van der Waals surface area contributed by atoms with Gasteiger partial charge in [0.1, 0.15) is 11.6 Å². The molecule has 0 spiro atoms. The Morgan fingerprint density at radius 1 is 1.17 bits per heavy atom. The maximum atomic E-state index is 13.8. The third-order valence-electron chi connectivity index (χ3n) is 5.41. The summed E-state index contributed by atoms with van der Waals surface area (Å²) >= 11 is 0. The Morgan fingerprint density at radius 3 is 2.69 bits per heavy atom. The molecule has 1 unspecified atom stereocenters. The maximum absolute atomic E-state index is 13.8. The van der Waals surface area contributed by atoms with E-state index >= 15 is 0 Å². The SMILES string of the molecule is Cc1ccc(F)cc1S(=O)(=O)N1CCCC1c1ncc(C)n1Cc1ccncc1. The van der Waals surface area contributed by atoms with E-state index in [1.807, 2.05) is 23.6 Å². The Kier molecular flexibility index (Phi) is 5.23. The van der Waals surface area contributed by atoms with E-state index in [9.17, 15) is 12.8 Å². The fourth-order valence-corrected chi connectivity index (χ4v) is 5.78. The molecule has 1 aliphatic rings. The van der Waals surface area contributed by atoms with Gasteiger partial charge < -0.3 is 4.57 Å². The van der Waals surface area contributed by atoms with Gasteiger partial charge >= 0.3 is 0 Å². The number of rotatable bonds is 5. The standard InChI is InChI=1S/C21H23FN4O2S/c1-15-5-6-18(22)12-20(15)29(27,28)26-11-3-4-19(26)21-24-13-16(2)25(21)14-17-7-9-23-10-8-17/h5-10,12-13,19H,3-4,11,14H2,1-2H3. The molecule has 4 rings (SSSR count). The van der Waals surface area contributed by atoms with Crippen LogP contribution in [-0.2, 0) is 16.6 Å². The van der Waals surface area contributed by atoms with Gasteiger partial charge in [0.2, 0.25) is 10.0 Å². The Hall–Kier alpha value is -2.58. The lowest BCUT2D eigenvalue weighted by Gasteiger charge is -2.25. The lowest BCUT2D eigenvalue weighted by Crippen LogP contribution is -2.32. The number of hydrogen-bond donors (Lipinski definition) is 0. The van der Waals surface area contributed by atoms with Crippen molar-refractivity contribution in [2.45, 2.75) is 44.2 Å². The Bertz CT molecular complexity index is 1130. The minimum atomic E-state index is -3.84. The van der Waals surface area contributed by atoms with Gasteiger partial charge in [0.05, 0.1) is 10.9 Å². The average Bonchev–Trinajstić information content (AvgIpc) is 3.32. The zero-order valence-corrected chi connectivity index (χ0v) is 17.2. The second kappa shape index (κ2) is 7.68. The molecule has 1 atom stereocenters. The first kappa shape index (κ1) is 19.7. The van der Waals surface area contributed by atoms with Crippen molar-refractivity contribution in [3.05, 3.63) is 77.4 Å². The molecule has 2 aromatic heterocycles. The molecule has 1 fully saturated rings. The van der Waals surface area contributed by atoms with Gasteiger partial charge in [-0.1, -0.05) is 6.07 Å². The van der Waals surface area contributed by atoms with Gasteiger partial charge in [0, 0.05) is 37.4 Å². The third kappa shape index (κ3) is 3.70. The number of aromatic nitrogens is 3. The van der Waals surface area contributed by atoms with Crippen LogP contribution in [0.2, 0.25) is 0 Å². The first-order valence-electron chi connectivity index (χ1n) is 9.57. The van der Waals surface area contributed by atoms with Crippen LogP contribution in [0.25, 0.3) is 0 Å². The minimum Gasteiger partial charge on any atom is -0.327 e. The predicted molar refractivity (Wildman–Crippen MR) is 107 cm³/mol. The van der Waals surface area contributed by atoms with Gasteiger partial charge in [0.25, 0.3) is 0 Å². The number of hydrogen-bond acceptors (Lipinski definition) is 4. The van der Waals surface area contributed by atoms with Crippen LogP contribution in [0, 0.1) is 19.7 Å². The molecule has 29 heavy (non-hydrogen) atoms. The molecule has 0 N–H and O–H groups in total. The number of benzene rings is 1. The molecule has 0 amide bonds. The smallest absolute Gasteiger partial charge is 0.244 e. The molecule has 1 aromatic carbocycles. The molecule has 3 aromatic rings. The highest BCUT2D eigenvalue weighted by atomic mass is 32.2. The second-order valence-electron chi connectivity index (χ2n) is 7.38. The van der Waals surface area contributed by atoms with Crippen LogP contribution in [0.4, 0.5) is 4.39 Å². The molecular formula is C21H23FN4O2S. The summed E-state index contributed by atoms with van der Waals surface area (Å²) in [6, 6.07) is 7.38. The molecule has 0 radical (unpaired) electrons. The lowest BCUT2D eigenvalue weighted by molar-refractivity contribution is 0.373. The van der Waals surface area contributed by atoms with Crippen molar-refractivity contribution >= 4 is 10.0 Å². The van der Waals surface area contributed by atoms with Crippen molar-refractivity contribution < 1.29 is 12.8 Å². The van der Waals surface area contributed by atoms with Crippen molar-refractivity contribution in [3.8, 4) is 0 Å². The van der Waals surface area contributed by atoms with Gasteiger partial charge in [0.15, 0.2) is 0 Å². The Morgan fingerprint density at radius 2 is 1.93 bits per heavy atom. The first-order chi connectivity index (χ1) is 13.9. The van der Waals surface area contributed by atoms with Crippen molar-refractivity contribution in [1.29, 1.82) is 0 Å². The molecule has 3 heterocycles. The highest BCUT2D eigenvalue weighted by Gasteiger charge is 2.39. The van der Waals surface area contributed by atoms with E-state index in [-0.39, 0.29) is 10.9 Å². The van der Waals surface area contributed by atoms with E-state index < -0.39 is 15.8 Å². The molecule has 1 aliphatic heterocycles. The summed E-state index contributed by atoms with van der Waals surface area (Å²) in [6.07, 6.45) is 6.66. The van der Waals surface area contributed by atoms with Crippen molar-refractivity contribution in [2.75, 3.05) is 6.54 Å². The summed E-state index contributed by atoms with van der Waals surface area (Å²) in [6.45, 7) is 4.63. The molecule has 8 heteroatoms. The summed E-state index contributed by atoms with van der Waals surface area (Å²) in [5.74, 6) is 0.161. The first-order valence-corrected chi connectivity index (χ1v) is 11.0. The normalized spacial score (nSPS) is 17.7. The van der Waals surface area contributed by atoms with E-state index in [2.05, 4.69) is 9.97 Å². The van der Waals surface area contributed by atoms with Crippen LogP contribution in [0.1, 0.15) is 41.5 Å². The van der Waals surface area contributed by atoms with Crippen LogP contribution in [-0.4, -0.2) is 33.8 Å². The third-order valence-corrected chi connectivity index (χ3v) is 7.46. The number of aryl methyl sites for hydroxylation is 2. The number of halogens is 1. The van der Waals surface area contributed by atoms with Crippen molar-refractivity contribution in [3.63, 3.8) is 0 Å². The van der Waals surface area contributed by atoms with Crippen LogP contribution in [0.5, 0.6) is 0 Å². The van der Waals surface area contributed by atoms with Gasteiger partial charge in [-0.3, -0.25) is 4.98 Å². The Labute approximate surface area is 170 Å². The molecule has 6 nitrogen and oxygen atoms in total. The van der Waals surface area contributed by atoms with Gasteiger partial charge in [-0.05, 0) is 62.1 Å². The molecule has 0 bridgehead atoms. The fraction of sp³-hybridized carbons (Fsp3) is 0.333. The zero-order valence-electron chi connectivity index (χ0n) is 16.4. The summed E-state index contributed by atoms with van der Waals surface area (Å²) in [5.41, 5.74) is 2.56. The van der Waals surface area contributed by atoms with Gasteiger partial charge in [-0.15, -0.1) is 0 Å². The average molecular weight is 415 g/mol. The number of sulfonamides is 1. The van der Waals surface area contributed by atoms with Gasteiger partial charge in [-0.25, -0.2) is 17.8 Å². The van der Waals surface area contributed by atoms with Crippen molar-refractivity contribution in [1.82, 2.24) is 18.8 Å². The van der Waals surface area contributed by atoms with E-state index in [4.69, 9.17) is 0 Å². The quantitative estimate of drug-likeness (QED) is 0.640. The largest absolute Gasteiger partial charge is 0.327 e. The van der Waals surface area contributed by atoms with E-state index in [1.54, 1.807) is 25.5 Å². The maximum Gasteiger partial charge on any atom is 0.244 e. The summed E-state index contributed by atoms with van der Waals surface area (Å²) < 4.78 is 44.1. The van der Waals surface area contributed by atoms with Crippen LogP contribution in [0.3, 0.4) is 0 Å². The van der Waals surface area contributed by atoms with E-state index in [0.717, 1.165) is 29.6 Å². The van der Waals surface area contributed by atoms with Crippen LogP contribution < -0.4 is 0 Å². The molecule has 0 aliphatic carbocycles. The van der Waals surface area contributed by atoms with E-state index in [1.165, 1.54) is 16.4 Å². The Balaban J connectivity index is 1.72. The van der Waals surface area contributed by atoms with Gasteiger partial charge in [-0.2, -0.15) is 4.31 Å². The molecule has 1 saturated heterocycles. The van der Waals surface area contributed by atoms with Crippen LogP contribution >= 0.6 is 0 Å². The lowest BCUT2D eigenvalue weighted by atomic mass is 10.2. The summed E-state index contributed by atoms with van der Waals surface area (Å²) in [7, 11) is -3.84. The molecule has 152 valence electrons. The van der Waals surface area contributed by atoms with E-state index in [0.29, 0.717) is 25.1 Å². The van der Waals surface area contributed by atoms with Crippen LogP contribution in [0.15, 0.2) is 53.8 Å². The number of nitrogens with zero attached hydrogens (tertiary/aromatic N) is 4. The number of imidazole rings is 1.